The molecule has 0 aromatic heterocycles. The van der Waals surface area contributed by atoms with Gasteiger partial charge in [0.15, 0.2) is 0 Å². The predicted molar refractivity (Wildman–Crippen MR) is 98.7 cm³/mol. The molecule has 1 fully saturated rings. The van der Waals surface area contributed by atoms with Gasteiger partial charge in [0.2, 0.25) is 0 Å². The molecule has 0 bridgehead atoms. The third kappa shape index (κ3) is 5.05. The average Bonchev–Trinajstić information content (AvgIpc) is 2.63. The number of ether oxygens (including phenoxy) is 1. The van der Waals surface area contributed by atoms with Gasteiger partial charge in [-0.05, 0) is 73.1 Å². The van der Waals surface area contributed by atoms with Gasteiger partial charge in [0.1, 0.15) is 5.75 Å². The molecule has 138 valence electrons. The molecule has 0 radical (unpaired) electrons. The fraction of sp³-hybridized carbons (Fsp3) is 0.636. The molecule has 2 aliphatic carbocycles. The highest BCUT2D eigenvalue weighted by Crippen LogP contribution is 2.42. The Labute approximate surface area is 150 Å². The first kappa shape index (κ1) is 18.4. The van der Waals surface area contributed by atoms with Crippen LogP contribution in [0.2, 0.25) is 0 Å². The van der Waals surface area contributed by atoms with Crippen LogP contribution in [-0.4, -0.2) is 6.61 Å². The second-order valence-corrected chi connectivity index (χ2v) is 7.74. The summed E-state index contributed by atoms with van der Waals surface area (Å²) in [5, 5.41) is 0. The van der Waals surface area contributed by atoms with Gasteiger partial charge in [-0.1, -0.05) is 50.8 Å². The number of benzene rings is 1. The normalized spacial score (nSPS) is 27.2. The molecular weight excluding hydrogens is 318 g/mol. The minimum absolute atomic E-state index is 0.233. The molecule has 0 heterocycles. The van der Waals surface area contributed by atoms with Crippen molar-refractivity contribution in [2.45, 2.75) is 71.3 Å². The lowest BCUT2D eigenvalue weighted by Gasteiger charge is -2.35. The molecule has 2 aliphatic rings. The van der Waals surface area contributed by atoms with Crippen LogP contribution in [0, 0.1) is 17.8 Å². The Kier molecular flexibility index (Phi) is 6.50. The maximum Gasteiger partial charge on any atom is 0.387 e. The van der Waals surface area contributed by atoms with E-state index in [4.69, 9.17) is 0 Å². The maximum absolute atomic E-state index is 12.2. The molecule has 1 unspecified atom stereocenters. The van der Waals surface area contributed by atoms with E-state index in [2.05, 4.69) is 17.7 Å². The highest BCUT2D eigenvalue weighted by molar-refractivity contribution is 5.66. The number of halogens is 2. The van der Waals surface area contributed by atoms with E-state index in [0.717, 1.165) is 29.7 Å². The summed E-state index contributed by atoms with van der Waals surface area (Å²) in [7, 11) is 0. The zero-order valence-corrected chi connectivity index (χ0v) is 15.2. The Morgan fingerprint density at radius 1 is 1.00 bits per heavy atom. The molecule has 3 rings (SSSR count). The first-order chi connectivity index (χ1) is 12.2. The van der Waals surface area contributed by atoms with E-state index >= 15 is 0 Å². The molecule has 0 spiro atoms. The molecule has 1 aromatic carbocycles. The van der Waals surface area contributed by atoms with Crippen LogP contribution in [0.25, 0.3) is 5.57 Å². The van der Waals surface area contributed by atoms with Crippen LogP contribution in [0.4, 0.5) is 8.78 Å². The van der Waals surface area contributed by atoms with E-state index in [1.54, 1.807) is 12.1 Å². The fourth-order valence-corrected chi connectivity index (χ4v) is 4.75. The molecule has 1 atom stereocenters. The van der Waals surface area contributed by atoms with Gasteiger partial charge in [0, 0.05) is 0 Å². The molecule has 0 saturated heterocycles. The summed E-state index contributed by atoms with van der Waals surface area (Å²) in [6.45, 7) is -0.459. The van der Waals surface area contributed by atoms with E-state index in [0.29, 0.717) is 0 Å². The van der Waals surface area contributed by atoms with Crippen molar-refractivity contribution in [3.8, 4) is 5.75 Å². The Morgan fingerprint density at radius 2 is 1.72 bits per heavy atom. The van der Waals surface area contributed by atoms with Crippen LogP contribution >= 0.6 is 0 Å². The monoisotopic (exact) mass is 348 g/mol. The van der Waals surface area contributed by atoms with Gasteiger partial charge in [-0.3, -0.25) is 0 Å². The zero-order valence-electron chi connectivity index (χ0n) is 15.2. The topological polar surface area (TPSA) is 9.23 Å². The maximum atomic E-state index is 12.2. The molecule has 3 heteroatoms. The number of allylic oxidation sites excluding steroid dienone is 2. The minimum Gasteiger partial charge on any atom is -0.435 e. The molecule has 0 N–H and O–H groups in total. The fourth-order valence-electron chi connectivity index (χ4n) is 4.75. The van der Waals surface area contributed by atoms with Crippen molar-refractivity contribution in [1.29, 1.82) is 0 Å². The molecule has 1 aromatic rings. The van der Waals surface area contributed by atoms with Crippen LogP contribution in [0.15, 0.2) is 30.3 Å². The lowest BCUT2D eigenvalue weighted by molar-refractivity contribution is -0.0498. The molecule has 25 heavy (non-hydrogen) atoms. The van der Waals surface area contributed by atoms with Crippen LogP contribution in [0.5, 0.6) is 5.75 Å². The number of rotatable bonds is 6. The van der Waals surface area contributed by atoms with Crippen LogP contribution < -0.4 is 4.74 Å². The highest BCUT2D eigenvalue weighted by atomic mass is 19.3. The van der Waals surface area contributed by atoms with Gasteiger partial charge < -0.3 is 4.74 Å². The van der Waals surface area contributed by atoms with Gasteiger partial charge in [-0.15, -0.1) is 0 Å². The predicted octanol–water partition coefficient (Wildman–Crippen LogP) is 7.08. The quantitative estimate of drug-likeness (QED) is 0.534. The Bertz CT molecular complexity index is 556. The lowest BCUT2D eigenvalue weighted by atomic mass is 9.70. The van der Waals surface area contributed by atoms with Crippen molar-refractivity contribution in [3.63, 3.8) is 0 Å². The van der Waals surface area contributed by atoms with E-state index in [1.165, 1.54) is 56.9 Å². The second-order valence-electron chi connectivity index (χ2n) is 7.74. The molecule has 1 saturated carbocycles. The first-order valence-corrected chi connectivity index (χ1v) is 9.90. The van der Waals surface area contributed by atoms with Crippen molar-refractivity contribution in [2.24, 2.45) is 17.8 Å². The summed E-state index contributed by atoms with van der Waals surface area (Å²) in [5.41, 5.74) is 2.51. The van der Waals surface area contributed by atoms with Gasteiger partial charge in [-0.2, -0.15) is 8.78 Å². The molecule has 0 aliphatic heterocycles. The Hall–Kier alpha value is -1.38. The van der Waals surface area contributed by atoms with Crippen LogP contribution in [0.3, 0.4) is 0 Å². The lowest BCUT2D eigenvalue weighted by Crippen LogP contribution is -2.23. The van der Waals surface area contributed by atoms with E-state index in [-0.39, 0.29) is 5.75 Å². The van der Waals surface area contributed by atoms with Crippen molar-refractivity contribution in [1.82, 2.24) is 0 Å². The number of alkyl halides is 2. The van der Waals surface area contributed by atoms with Crippen molar-refractivity contribution >= 4 is 5.57 Å². The summed E-state index contributed by atoms with van der Waals surface area (Å²) in [6, 6.07) is 7.09. The average molecular weight is 348 g/mol. The Morgan fingerprint density at radius 3 is 2.28 bits per heavy atom. The van der Waals surface area contributed by atoms with Crippen LogP contribution in [-0.2, 0) is 0 Å². The van der Waals surface area contributed by atoms with Gasteiger partial charge in [-0.25, -0.2) is 0 Å². The largest absolute Gasteiger partial charge is 0.435 e. The van der Waals surface area contributed by atoms with Crippen LogP contribution in [0.1, 0.15) is 70.3 Å². The SMILES string of the molecule is CCC[C@H]1CC[C@H](C2CC=C(c3ccc(OC(F)F)cc3)CC2)CC1. The van der Waals surface area contributed by atoms with Crippen molar-refractivity contribution in [2.75, 3.05) is 0 Å². The summed E-state index contributed by atoms with van der Waals surface area (Å²) in [4.78, 5) is 0. The zero-order chi connectivity index (χ0) is 17.6. The number of hydrogen-bond acceptors (Lipinski definition) is 1. The molecule has 1 nitrogen and oxygen atoms in total. The number of hydrogen-bond donors (Lipinski definition) is 0. The summed E-state index contributed by atoms with van der Waals surface area (Å²) in [6.07, 6.45) is 14.4. The highest BCUT2D eigenvalue weighted by Gasteiger charge is 2.28. The van der Waals surface area contributed by atoms with Gasteiger partial charge in [0.25, 0.3) is 0 Å². The van der Waals surface area contributed by atoms with E-state index in [1.807, 2.05) is 12.1 Å². The summed E-state index contributed by atoms with van der Waals surface area (Å²) >= 11 is 0. The third-order valence-corrected chi connectivity index (χ3v) is 6.16. The first-order valence-electron chi connectivity index (χ1n) is 9.90. The molecule has 0 amide bonds. The summed E-state index contributed by atoms with van der Waals surface area (Å²) in [5.74, 6) is 2.96. The Balaban J connectivity index is 1.52. The minimum atomic E-state index is -2.76. The third-order valence-electron chi connectivity index (χ3n) is 6.16. The second kappa shape index (κ2) is 8.82. The summed E-state index contributed by atoms with van der Waals surface area (Å²) < 4.78 is 28.9. The van der Waals surface area contributed by atoms with E-state index in [9.17, 15) is 8.78 Å². The standard InChI is InChI=1S/C22H30F2O/c1-2-3-16-4-6-17(7-5-16)18-8-10-19(11-9-18)20-12-14-21(15-13-20)25-22(23)24/h10,12-18,22H,2-9,11H2,1H3/t16-,17-,18?. The van der Waals surface area contributed by atoms with Gasteiger partial charge in [0.05, 0.1) is 0 Å². The smallest absolute Gasteiger partial charge is 0.387 e. The van der Waals surface area contributed by atoms with Gasteiger partial charge >= 0.3 is 6.61 Å². The van der Waals surface area contributed by atoms with Crippen molar-refractivity contribution in [3.05, 3.63) is 35.9 Å². The van der Waals surface area contributed by atoms with Crippen molar-refractivity contribution < 1.29 is 13.5 Å². The van der Waals surface area contributed by atoms with E-state index < -0.39 is 6.61 Å². The molecular formula is C22H30F2O.